The van der Waals surface area contributed by atoms with Gasteiger partial charge in [-0.1, -0.05) is 37.6 Å². The molecule has 0 amide bonds. The first kappa shape index (κ1) is 22.7. The van der Waals surface area contributed by atoms with Gasteiger partial charge in [0.1, 0.15) is 0 Å². The summed E-state index contributed by atoms with van der Waals surface area (Å²) in [6, 6.07) is 8.06. The van der Waals surface area contributed by atoms with Crippen molar-refractivity contribution in [3.05, 3.63) is 34.9 Å². The zero-order valence-electron chi connectivity index (χ0n) is 16.6. The van der Waals surface area contributed by atoms with Gasteiger partial charge in [0.25, 0.3) is 0 Å². The molecule has 0 unspecified atom stereocenters. The Bertz CT molecular complexity index is 536. The first-order valence-electron chi connectivity index (χ1n) is 9.22. The largest absolute Gasteiger partial charge is 0.382 e. The Hall–Kier alpha value is -1.30. The molecular weight excluding hydrogens is 350 g/mol. The van der Waals surface area contributed by atoms with E-state index in [1.807, 2.05) is 18.2 Å². The molecule has 0 aliphatic rings. The summed E-state index contributed by atoms with van der Waals surface area (Å²) in [6.07, 6.45) is 3.02. The highest BCUT2D eigenvalue weighted by molar-refractivity contribution is 6.30. The number of nitrogens with zero attached hydrogens (tertiary/aromatic N) is 1. The molecule has 0 bridgehead atoms. The summed E-state index contributed by atoms with van der Waals surface area (Å²) in [5.41, 5.74) is 1.35. The van der Waals surface area contributed by atoms with E-state index in [1.165, 1.54) is 5.56 Å². The van der Waals surface area contributed by atoms with Gasteiger partial charge in [-0.3, -0.25) is 4.99 Å². The fourth-order valence-electron chi connectivity index (χ4n) is 2.59. The Morgan fingerprint density at radius 2 is 1.96 bits per heavy atom. The van der Waals surface area contributed by atoms with Crippen LogP contribution in [-0.4, -0.2) is 53.0 Å². The van der Waals surface area contributed by atoms with E-state index in [0.29, 0.717) is 13.2 Å². The van der Waals surface area contributed by atoms with Crippen molar-refractivity contribution in [2.75, 3.05) is 47.1 Å². The number of rotatable bonds is 12. The van der Waals surface area contributed by atoms with Crippen LogP contribution in [0.4, 0.5) is 0 Å². The summed E-state index contributed by atoms with van der Waals surface area (Å²) in [7, 11) is 3.48. The van der Waals surface area contributed by atoms with E-state index in [9.17, 15) is 0 Å². The Morgan fingerprint density at radius 3 is 2.65 bits per heavy atom. The van der Waals surface area contributed by atoms with Crippen LogP contribution in [-0.2, 0) is 15.9 Å². The van der Waals surface area contributed by atoms with Crippen molar-refractivity contribution < 1.29 is 9.47 Å². The quantitative estimate of drug-likeness (QED) is 0.329. The van der Waals surface area contributed by atoms with Gasteiger partial charge in [-0.05, 0) is 42.4 Å². The lowest BCUT2D eigenvalue weighted by Gasteiger charge is -2.26. The van der Waals surface area contributed by atoms with E-state index in [4.69, 9.17) is 21.1 Å². The van der Waals surface area contributed by atoms with Crippen molar-refractivity contribution in [3.63, 3.8) is 0 Å². The van der Waals surface area contributed by atoms with Gasteiger partial charge in [-0.25, -0.2) is 0 Å². The molecule has 0 aliphatic heterocycles. The predicted octanol–water partition coefficient (Wildman–Crippen LogP) is 3.52. The van der Waals surface area contributed by atoms with Crippen molar-refractivity contribution in [2.24, 2.45) is 10.4 Å². The highest BCUT2D eigenvalue weighted by Crippen LogP contribution is 2.22. The van der Waals surface area contributed by atoms with Gasteiger partial charge in [0, 0.05) is 38.9 Å². The van der Waals surface area contributed by atoms with Crippen LogP contribution in [0.15, 0.2) is 29.3 Å². The summed E-state index contributed by atoms with van der Waals surface area (Å²) < 4.78 is 10.4. The molecule has 26 heavy (non-hydrogen) atoms. The molecule has 0 fully saturated rings. The Labute approximate surface area is 163 Å². The summed E-state index contributed by atoms with van der Waals surface area (Å²) in [5.74, 6) is 0.837. The second-order valence-electron chi connectivity index (χ2n) is 7.14. The number of hydrogen-bond acceptors (Lipinski definition) is 3. The molecule has 0 spiro atoms. The highest BCUT2D eigenvalue weighted by Gasteiger charge is 2.19. The molecule has 1 aromatic rings. The SMILES string of the molecule is CN=C(NCCCCOCCOC)NCC(C)(C)Cc1cccc(Cl)c1. The van der Waals surface area contributed by atoms with Gasteiger partial charge in [0.15, 0.2) is 5.96 Å². The summed E-state index contributed by atoms with van der Waals surface area (Å²) in [5, 5.41) is 7.56. The summed E-state index contributed by atoms with van der Waals surface area (Å²) >= 11 is 6.08. The fraction of sp³-hybridized carbons (Fsp3) is 0.650. The smallest absolute Gasteiger partial charge is 0.190 e. The van der Waals surface area contributed by atoms with Crippen LogP contribution >= 0.6 is 11.6 Å². The first-order chi connectivity index (χ1) is 12.5. The van der Waals surface area contributed by atoms with Crippen LogP contribution in [0.5, 0.6) is 0 Å². The monoisotopic (exact) mass is 383 g/mol. The number of nitrogens with one attached hydrogen (secondary N) is 2. The maximum atomic E-state index is 6.08. The van der Waals surface area contributed by atoms with Crippen molar-refractivity contribution in [2.45, 2.75) is 33.1 Å². The van der Waals surface area contributed by atoms with E-state index in [-0.39, 0.29) is 5.41 Å². The van der Waals surface area contributed by atoms with E-state index < -0.39 is 0 Å². The number of hydrogen-bond donors (Lipinski definition) is 2. The standard InChI is InChI=1S/C20H34ClN3O2/c1-20(2,15-17-8-7-9-18(21)14-17)16-24-19(22-3)23-10-5-6-11-26-13-12-25-4/h7-9,14H,5-6,10-13,15-16H2,1-4H3,(H2,22,23,24). The van der Waals surface area contributed by atoms with Crippen LogP contribution in [0.1, 0.15) is 32.3 Å². The number of aliphatic imine (C=N–C) groups is 1. The average molecular weight is 384 g/mol. The summed E-state index contributed by atoms with van der Waals surface area (Å²) in [4.78, 5) is 4.30. The molecule has 148 valence electrons. The van der Waals surface area contributed by atoms with E-state index >= 15 is 0 Å². The van der Waals surface area contributed by atoms with Gasteiger partial charge in [0.2, 0.25) is 0 Å². The molecule has 0 saturated heterocycles. The van der Waals surface area contributed by atoms with Gasteiger partial charge >= 0.3 is 0 Å². The van der Waals surface area contributed by atoms with E-state index in [2.05, 4.69) is 35.5 Å². The molecule has 1 rings (SSSR count). The lowest BCUT2D eigenvalue weighted by Crippen LogP contribution is -2.43. The van der Waals surface area contributed by atoms with Crippen molar-refractivity contribution in [1.82, 2.24) is 10.6 Å². The Balaban J connectivity index is 2.23. The number of methoxy groups -OCH3 is 1. The van der Waals surface area contributed by atoms with Crippen molar-refractivity contribution >= 4 is 17.6 Å². The van der Waals surface area contributed by atoms with Crippen LogP contribution in [0.3, 0.4) is 0 Å². The predicted molar refractivity (Wildman–Crippen MR) is 110 cm³/mol. The molecule has 0 radical (unpaired) electrons. The third-order valence-electron chi connectivity index (χ3n) is 3.97. The van der Waals surface area contributed by atoms with Gasteiger partial charge in [-0.2, -0.15) is 0 Å². The summed E-state index contributed by atoms with van der Waals surface area (Å²) in [6.45, 7) is 8.27. The Morgan fingerprint density at radius 1 is 1.15 bits per heavy atom. The molecular formula is C20H34ClN3O2. The number of benzene rings is 1. The molecule has 0 heterocycles. The van der Waals surface area contributed by atoms with Crippen LogP contribution in [0.2, 0.25) is 5.02 Å². The second-order valence-corrected chi connectivity index (χ2v) is 7.57. The minimum absolute atomic E-state index is 0.0947. The molecule has 5 nitrogen and oxygen atoms in total. The lowest BCUT2D eigenvalue weighted by atomic mass is 9.86. The van der Waals surface area contributed by atoms with Crippen LogP contribution in [0.25, 0.3) is 0 Å². The zero-order valence-corrected chi connectivity index (χ0v) is 17.4. The fourth-order valence-corrected chi connectivity index (χ4v) is 2.80. The topological polar surface area (TPSA) is 54.9 Å². The second kappa shape index (κ2) is 13.0. The average Bonchev–Trinajstić information content (AvgIpc) is 2.59. The van der Waals surface area contributed by atoms with E-state index in [1.54, 1.807) is 14.2 Å². The molecule has 0 aliphatic carbocycles. The number of halogens is 1. The van der Waals surface area contributed by atoms with Crippen molar-refractivity contribution in [3.8, 4) is 0 Å². The number of guanidine groups is 1. The molecule has 0 atom stereocenters. The van der Waals surface area contributed by atoms with Crippen LogP contribution in [0, 0.1) is 5.41 Å². The van der Waals surface area contributed by atoms with Gasteiger partial charge in [0.05, 0.1) is 13.2 Å². The third kappa shape index (κ3) is 10.6. The molecule has 1 aromatic carbocycles. The van der Waals surface area contributed by atoms with Crippen molar-refractivity contribution in [1.29, 1.82) is 0 Å². The molecule has 6 heteroatoms. The normalized spacial score (nSPS) is 12.3. The van der Waals surface area contributed by atoms with Gasteiger partial charge < -0.3 is 20.1 Å². The highest BCUT2D eigenvalue weighted by atomic mass is 35.5. The Kier molecular flexibility index (Phi) is 11.3. The van der Waals surface area contributed by atoms with E-state index in [0.717, 1.165) is 49.9 Å². The molecule has 2 N–H and O–H groups in total. The minimum atomic E-state index is 0.0947. The van der Waals surface area contributed by atoms with Gasteiger partial charge in [-0.15, -0.1) is 0 Å². The number of unbranched alkanes of at least 4 members (excludes halogenated alkanes) is 1. The lowest BCUT2D eigenvalue weighted by molar-refractivity contribution is 0.0689. The third-order valence-corrected chi connectivity index (χ3v) is 4.20. The molecule has 0 aromatic heterocycles. The minimum Gasteiger partial charge on any atom is -0.382 e. The molecule has 0 saturated carbocycles. The maximum absolute atomic E-state index is 6.08. The number of ether oxygens (including phenoxy) is 2. The maximum Gasteiger partial charge on any atom is 0.190 e. The van der Waals surface area contributed by atoms with Crippen LogP contribution < -0.4 is 10.6 Å². The zero-order chi connectivity index (χ0) is 19.3. The first-order valence-corrected chi connectivity index (χ1v) is 9.60.